The summed E-state index contributed by atoms with van der Waals surface area (Å²) in [6, 6.07) is 9.01. The normalized spacial score (nSPS) is 15.4. The Bertz CT molecular complexity index is 1250. The SMILES string of the molecule is CC(=O)N1CCN(Cc2cccc(-c3ccc4c(n3)n(C)c(=O)n4CC(C)(C)C)c2F)CC1. The molecule has 1 saturated heterocycles. The second-order valence-corrected chi connectivity index (χ2v) is 10.1. The van der Waals surface area contributed by atoms with E-state index in [1.54, 1.807) is 36.7 Å². The van der Waals surface area contributed by atoms with Crippen LogP contribution >= 0.6 is 0 Å². The molecule has 1 aliphatic heterocycles. The van der Waals surface area contributed by atoms with Crippen LogP contribution in [0.15, 0.2) is 35.1 Å². The molecular formula is C25H32FN5O2. The second kappa shape index (κ2) is 8.74. The fraction of sp³-hybridized carbons (Fsp3) is 0.480. The number of aromatic nitrogens is 3. The molecule has 1 amide bonds. The molecule has 0 bridgehead atoms. The predicted molar refractivity (Wildman–Crippen MR) is 127 cm³/mol. The number of fused-ring (bicyclic) bond motifs is 1. The third kappa shape index (κ3) is 4.71. The van der Waals surface area contributed by atoms with Crippen LogP contribution in [0, 0.1) is 11.2 Å². The lowest BCUT2D eigenvalue weighted by Gasteiger charge is -2.34. The van der Waals surface area contributed by atoms with E-state index in [1.165, 1.54) is 4.57 Å². The first-order chi connectivity index (χ1) is 15.5. The molecule has 0 spiro atoms. The van der Waals surface area contributed by atoms with E-state index in [2.05, 4.69) is 30.7 Å². The van der Waals surface area contributed by atoms with Crippen LogP contribution in [0.25, 0.3) is 22.4 Å². The average molecular weight is 454 g/mol. The summed E-state index contributed by atoms with van der Waals surface area (Å²) < 4.78 is 18.8. The number of halogens is 1. The molecule has 0 aliphatic carbocycles. The molecule has 4 rings (SSSR count). The van der Waals surface area contributed by atoms with E-state index in [-0.39, 0.29) is 22.8 Å². The van der Waals surface area contributed by atoms with Gasteiger partial charge in [-0.25, -0.2) is 14.2 Å². The molecule has 33 heavy (non-hydrogen) atoms. The molecule has 0 N–H and O–H groups in total. The highest BCUT2D eigenvalue weighted by atomic mass is 19.1. The van der Waals surface area contributed by atoms with Crippen molar-refractivity contribution in [2.24, 2.45) is 12.5 Å². The van der Waals surface area contributed by atoms with E-state index in [1.807, 2.05) is 17.0 Å². The van der Waals surface area contributed by atoms with E-state index in [0.717, 1.165) is 18.6 Å². The van der Waals surface area contributed by atoms with Gasteiger partial charge in [0.15, 0.2) is 5.65 Å². The van der Waals surface area contributed by atoms with Crippen molar-refractivity contribution in [2.45, 2.75) is 40.8 Å². The van der Waals surface area contributed by atoms with Crippen molar-refractivity contribution in [3.05, 3.63) is 52.2 Å². The number of aryl methyl sites for hydroxylation is 1. The first-order valence-corrected chi connectivity index (χ1v) is 11.4. The molecule has 3 aromatic rings. The Morgan fingerprint density at radius 3 is 2.42 bits per heavy atom. The average Bonchev–Trinajstić information content (AvgIpc) is 2.99. The largest absolute Gasteiger partial charge is 0.340 e. The Hall–Kier alpha value is -3.00. The minimum absolute atomic E-state index is 0.0624. The lowest BCUT2D eigenvalue weighted by molar-refractivity contribution is -0.130. The number of amides is 1. The summed E-state index contributed by atoms with van der Waals surface area (Å²) in [6.07, 6.45) is 0. The number of hydrogen-bond acceptors (Lipinski definition) is 4. The minimum atomic E-state index is -0.294. The molecule has 0 unspecified atom stereocenters. The van der Waals surface area contributed by atoms with Crippen molar-refractivity contribution in [2.75, 3.05) is 26.2 Å². The highest BCUT2D eigenvalue weighted by molar-refractivity contribution is 5.76. The third-order valence-corrected chi connectivity index (χ3v) is 6.18. The lowest BCUT2D eigenvalue weighted by Crippen LogP contribution is -2.47. The zero-order valence-corrected chi connectivity index (χ0v) is 20.1. The quantitative estimate of drug-likeness (QED) is 0.608. The molecule has 8 heteroatoms. The topological polar surface area (TPSA) is 63.4 Å². The Kier molecular flexibility index (Phi) is 6.14. The monoisotopic (exact) mass is 453 g/mol. The van der Waals surface area contributed by atoms with E-state index in [0.29, 0.717) is 48.6 Å². The van der Waals surface area contributed by atoms with Crippen LogP contribution in [-0.2, 0) is 24.9 Å². The summed E-state index contributed by atoms with van der Waals surface area (Å²) >= 11 is 0. The fourth-order valence-corrected chi connectivity index (χ4v) is 4.41. The summed E-state index contributed by atoms with van der Waals surface area (Å²) in [4.78, 5) is 33.0. The lowest BCUT2D eigenvalue weighted by atomic mass is 9.97. The van der Waals surface area contributed by atoms with E-state index in [9.17, 15) is 9.59 Å². The third-order valence-electron chi connectivity index (χ3n) is 6.18. The highest BCUT2D eigenvalue weighted by Crippen LogP contribution is 2.27. The van der Waals surface area contributed by atoms with Gasteiger partial charge in [-0.1, -0.05) is 32.9 Å². The zero-order chi connectivity index (χ0) is 23.9. The van der Waals surface area contributed by atoms with Gasteiger partial charge in [-0.3, -0.25) is 18.8 Å². The summed E-state index contributed by atoms with van der Waals surface area (Å²) in [7, 11) is 1.70. The predicted octanol–water partition coefficient (Wildman–Crippen LogP) is 3.25. The van der Waals surface area contributed by atoms with Gasteiger partial charge in [0.2, 0.25) is 5.91 Å². The summed E-state index contributed by atoms with van der Waals surface area (Å²) in [5, 5.41) is 0. The molecule has 3 heterocycles. The number of carbonyl (C=O) groups excluding carboxylic acids is 1. The van der Waals surface area contributed by atoms with Gasteiger partial charge in [0.25, 0.3) is 0 Å². The van der Waals surface area contributed by atoms with Crippen molar-refractivity contribution in [3.63, 3.8) is 0 Å². The van der Waals surface area contributed by atoms with Crippen LogP contribution in [-0.4, -0.2) is 56.0 Å². The molecule has 1 fully saturated rings. The first kappa shape index (κ1) is 23.2. The molecule has 0 radical (unpaired) electrons. The van der Waals surface area contributed by atoms with Gasteiger partial charge in [0.1, 0.15) is 5.82 Å². The Balaban J connectivity index is 1.63. The fourth-order valence-electron chi connectivity index (χ4n) is 4.41. The number of imidazole rings is 1. The maximum Gasteiger partial charge on any atom is 0.330 e. The van der Waals surface area contributed by atoms with Crippen molar-refractivity contribution in [3.8, 4) is 11.3 Å². The van der Waals surface area contributed by atoms with E-state index >= 15 is 4.39 Å². The molecule has 0 atom stereocenters. The van der Waals surface area contributed by atoms with Gasteiger partial charge in [-0.2, -0.15) is 0 Å². The molecule has 176 valence electrons. The van der Waals surface area contributed by atoms with Gasteiger partial charge in [-0.05, 0) is 23.6 Å². The zero-order valence-electron chi connectivity index (χ0n) is 20.1. The number of carbonyl (C=O) groups is 1. The van der Waals surface area contributed by atoms with Crippen LogP contribution in [0.1, 0.15) is 33.3 Å². The van der Waals surface area contributed by atoms with Crippen LogP contribution < -0.4 is 5.69 Å². The smallest absolute Gasteiger partial charge is 0.330 e. The van der Waals surface area contributed by atoms with Gasteiger partial charge in [0, 0.05) is 64.4 Å². The van der Waals surface area contributed by atoms with Gasteiger partial charge < -0.3 is 4.90 Å². The van der Waals surface area contributed by atoms with Gasteiger partial charge in [0.05, 0.1) is 11.2 Å². The number of benzene rings is 1. The standard InChI is InChI=1S/C25H32FN5O2/c1-17(32)30-13-11-29(12-14-30)15-18-7-6-8-19(22(18)26)20-9-10-21-23(27-20)28(5)24(33)31(21)16-25(2,3)4/h6-10H,11-16H2,1-5H3. The number of hydrogen-bond donors (Lipinski definition) is 0. The number of pyridine rings is 1. The van der Waals surface area contributed by atoms with Gasteiger partial charge in [-0.15, -0.1) is 0 Å². The van der Waals surface area contributed by atoms with E-state index < -0.39 is 0 Å². The van der Waals surface area contributed by atoms with Crippen molar-refractivity contribution in [1.82, 2.24) is 23.9 Å². The van der Waals surface area contributed by atoms with Crippen molar-refractivity contribution >= 4 is 17.1 Å². The molecule has 2 aromatic heterocycles. The maximum atomic E-state index is 15.5. The minimum Gasteiger partial charge on any atom is -0.340 e. The molecule has 1 aromatic carbocycles. The van der Waals surface area contributed by atoms with Gasteiger partial charge >= 0.3 is 5.69 Å². The maximum absolute atomic E-state index is 15.5. The van der Waals surface area contributed by atoms with Crippen LogP contribution in [0.3, 0.4) is 0 Å². The van der Waals surface area contributed by atoms with Crippen LogP contribution in [0.2, 0.25) is 0 Å². The van der Waals surface area contributed by atoms with Crippen molar-refractivity contribution in [1.29, 1.82) is 0 Å². The Labute approximate surface area is 193 Å². The number of rotatable bonds is 4. The molecular weight excluding hydrogens is 421 g/mol. The van der Waals surface area contributed by atoms with Crippen molar-refractivity contribution < 1.29 is 9.18 Å². The number of nitrogens with zero attached hydrogens (tertiary/aromatic N) is 5. The van der Waals surface area contributed by atoms with E-state index in [4.69, 9.17) is 0 Å². The Morgan fingerprint density at radius 1 is 1.09 bits per heavy atom. The molecule has 1 aliphatic rings. The summed E-state index contributed by atoms with van der Waals surface area (Å²) in [5.41, 5.74) is 2.65. The highest BCUT2D eigenvalue weighted by Gasteiger charge is 2.22. The molecule has 0 saturated carbocycles. The van der Waals surface area contributed by atoms with Crippen LogP contribution in [0.4, 0.5) is 4.39 Å². The molecule has 7 nitrogen and oxygen atoms in total. The first-order valence-electron chi connectivity index (χ1n) is 11.4. The Morgan fingerprint density at radius 2 is 1.79 bits per heavy atom. The number of piperazine rings is 1. The summed E-state index contributed by atoms with van der Waals surface area (Å²) in [5.74, 6) is -0.215. The second-order valence-electron chi connectivity index (χ2n) is 10.1. The van der Waals surface area contributed by atoms with Crippen LogP contribution in [0.5, 0.6) is 0 Å². The summed E-state index contributed by atoms with van der Waals surface area (Å²) in [6.45, 7) is 11.6.